The van der Waals surface area contributed by atoms with Crippen molar-refractivity contribution in [2.24, 2.45) is 0 Å². The molecule has 0 radical (unpaired) electrons. The van der Waals surface area contributed by atoms with Gasteiger partial charge in [-0.1, -0.05) is 32.9 Å². The van der Waals surface area contributed by atoms with Crippen LogP contribution < -0.4 is 0 Å². The molecule has 3 aromatic rings. The predicted octanol–water partition coefficient (Wildman–Crippen LogP) is 6.80. The number of phenolic OH excluding ortho intramolecular Hbond substituents is 1. The Morgan fingerprint density at radius 1 is 0.833 bits per heavy atom. The van der Waals surface area contributed by atoms with Crippen LogP contribution in [0.5, 0.6) is 5.75 Å². The molecule has 0 atom stereocenters. The molecule has 0 amide bonds. The van der Waals surface area contributed by atoms with Gasteiger partial charge in [0.1, 0.15) is 5.75 Å². The molecule has 0 aliphatic heterocycles. The molecule has 1 nitrogen and oxygen atoms in total. The predicted molar refractivity (Wildman–Crippen MR) is 124 cm³/mol. The Morgan fingerprint density at radius 2 is 1.40 bits per heavy atom. The van der Waals surface area contributed by atoms with Gasteiger partial charge in [-0.15, -0.1) is 6.42 Å². The van der Waals surface area contributed by atoms with Crippen molar-refractivity contribution in [2.45, 2.75) is 32.6 Å². The number of benzene rings is 3. The van der Waals surface area contributed by atoms with Gasteiger partial charge in [0.05, 0.1) is 0 Å². The number of phenols is 1. The van der Waals surface area contributed by atoms with Crippen LogP contribution in [0.25, 0.3) is 0 Å². The van der Waals surface area contributed by atoms with Crippen LogP contribution in [0.15, 0.2) is 103 Å². The van der Waals surface area contributed by atoms with E-state index in [-0.39, 0.29) is 5.41 Å². The minimum absolute atomic E-state index is 0.124. The molecule has 151 valence electrons. The van der Waals surface area contributed by atoms with Crippen LogP contribution in [0, 0.1) is 6.08 Å². The van der Waals surface area contributed by atoms with Crippen LogP contribution in [0.1, 0.15) is 43.9 Å². The van der Waals surface area contributed by atoms with Crippen molar-refractivity contribution in [3.05, 3.63) is 126 Å². The quantitative estimate of drug-likeness (QED) is 0.351. The van der Waals surface area contributed by atoms with Crippen LogP contribution in [-0.4, -0.2) is 8.92 Å². The van der Waals surface area contributed by atoms with Crippen molar-refractivity contribution >= 4 is 3.81 Å². The third-order valence-corrected chi connectivity index (χ3v) is 5.32. The fraction of sp³-hybridized carbons (Fsp3) is 0.179. The second kappa shape index (κ2) is 12.3. The Balaban J connectivity index is 0.000000177. The molecule has 1 aliphatic carbocycles. The second-order valence-corrected chi connectivity index (χ2v) is 8.69. The molecular weight excluding hydrogens is 400 g/mol. The zero-order valence-electron chi connectivity index (χ0n) is 18.0. The van der Waals surface area contributed by atoms with Gasteiger partial charge in [0.25, 0.3) is 0 Å². The zero-order chi connectivity index (χ0) is 21.8. The molecule has 0 unspecified atom stereocenters. The number of rotatable bonds is 2. The van der Waals surface area contributed by atoms with E-state index < -0.39 is 0 Å². The van der Waals surface area contributed by atoms with Crippen molar-refractivity contribution in [1.29, 1.82) is 0 Å². The summed E-state index contributed by atoms with van der Waals surface area (Å²) in [4.78, 5) is 0. The third kappa shape index (κ3) is 8.49. The molecule has 0 fully saturated rings. The van der Waals surface area contributed by atoms with E-state index in [9.17, 15) is 5.11 Å². The van der Waals surface area contributed by atoms with E-state index in [1.165, 1.54) is 14.9 Å². The molecule has 0 bridgehead atoms. The second-order valence-electron chi connectivity index (χ2n) is 7.91. The maximum atomic E-state index is 9.18. The van der Waals surface area contributed by atoms with Crippen LogP contribution in [0.4, 0.5) is 0 Å². The molecular formula is C28H29OTi. The molecule has 4 rings (SSSR count). The van der Waals surface area contributed by atoms with Crippen molar-refractivity contribution in [1.82, 2.24) is 0 Å². The van der Waals surface area contributed by atoms with Gasteiger partial charge >= 0.3 is 95.6 Å². The summed E-state index contributed by atoms with van der Waals surface area (Å²) in [6.07, 6.45) is 10.0. The van der Waals surface area contributed by atoms with E-state index in [1.807, 2.05) is 36.4 Å². The Hall–Kier alpha value is -2.48. The first-order valence-electron chi connectivity index (χ1n) is 10.1. The molecule has 0 aromatic heterocycles. The maximum absolute atomic E-state index is 9.18. The summed E-state index contributed by atoms with van der Waals surface area (Å²) >= 11 is 2.16. The van der Waals surface area contributed by atoms with Crippen LogP contribution in [0.2, 0.25) is 0 Å². The summed E-state index contributed by atoms with van der Waals surface area (Å²) in [7, 11) is 0. The summed E-state index contributed by atoms with van der Waals surface area (Å²) < 4.78 is 1.33. The first-order chi connectivity index (χ1) is 14.4. The van der Waals surface area contributed by atoms with E-state index >= 15 is 0 Å². The molecule has 0 saturated carbocycles. The zero-order valence-corrected chi connectivity index (χ0v) is 19.5. The molecule has 0 saturated heterocycles. The number of hydrogen-bond donors (Lipinski definition) is 1. The Kier molecular flexibility index (Phi) is 9.74. The van der Waals surface area contributed by atoms with Gasteiger partial charge in [-0.3, -0.25) is 6.08 Å². The van der Waals surface area contributed by atoms with Crippen LogP contribution >= 0.6 is 0 Å². The summed E-state index contributed by atoms with van der Waals surface area (Å²) in [5.74, 6) is 0.345. The van der Waals surface area contributed by atoms with Crippen molar-refractivity contribution < 1.29 is 25.1 Å². The van der Waals surface area contributed by atoms with Crippen molar-refractivity contribution in [2.75, 3.05) is 0 Å². The Bertz CT molecular complexity index is 913. The standard InChI is InChI=1S/C13H10.C10H14O.C5H5.Ti/c1-3-7-12(8-4-1)11-13-9-5-2-6-10-13;1-10(2,3)8-5-4-6-9(11)7-8;1-2-4-5-3-1;/h1-10H;4-7,11H,1-3H3;1-3H,4H2;/q;;-1;+1. The van der Waals surface area contributed by atoms with Gasteiger partial charge in [0.2, 0.25) is 0 Å². The third-order valence-electron chi connectivity index (χ3n) is 4.42. The average Bonchev–Trinajstić information content (AvgIpc) is 3.35. The molecule has 3 aromatic carbocycles. The van der Waals surface area contributed by atoms with Crippen molar-refractivity contribution in [3.8, 4) is 5.75 Å². The minimum atomic E-state index is 0.124. The summed E-state index contributed by atoms with van der Waals surface area (Å²) in [6.45, 7) is 6.38. The van der Waals surface area contributed by atoms with Crippen molar-refractivity contribution in [3.63, 3.8) is 0 Å². The van der Waals surface area contributed by atoms with Gasteiger partial charge < -0.3 is 5.11 Å². The van der Waals surface area contributed by atoms with Gasteiger partial charge in [0.15, 0.2) is 0 Å². The molecule has 1 N–H and O–H groups in total. The number of hydrogen-bond acceptors (Lipinski definition) is 1. The number of aromatic hydroxyl groups is 1. The summed E-state index contributed by atoms with van der Waals surface area (Å²) in [5, 5.41) is 9.18. The van der Waals surface area contributed by atoms with E-state index in [1.54, 1.807) is 12.1 Å². The van der Waals surface area contributed by atoms with E-state index in [2.05, 4.69) is 101 Å². The van der Waals surface area contributed by atoms with E-state index in [0.29, 0.717) is 5.75 Å². The molecule has 0 heterocycles. The van der Waals surface area contributed by atoms with E-state index in [4.69, 9.17) is 0 Å². The normalized spacial score (nSPS) is 11.8. The van der Waals surface area contributed by atoms with Gasteiger partial charge in [-0.25, -0.2) is 12.2 Å². The van der Waals surface area contributed by atoms with Gasteiger partial charge in [-0.05, 0) is 23.1 Å². The fourth-order valence-electron chi connectivity index (χ4n) is 2.69. The van der Waals surface area contributed by atoms with Crippen LogP contribution in [-0.2, 0) is 25.4 Å². The Morgan fingerprint density at radius 3 is 1.73 bits per heavy atom. The van der Waals surface area contributed by atoms with Crippen LogP contribution in [0.3, 0.4) is 0 Å². The topological polar surface area (TPSA) is 20.2 Å². The van der Waals surface area contributed by atoms with Gasteiger partial charge in [-0.2, -0.15) is 6.08 Å². The Labute approximate surface area is 192 Å². The molecule has 30 heavy (non-hydrogen) atoms. The summed E-state index contributed by atoms with van der Waals surface area (Å²) in [6, 6.07) is 28.3. The summed E-state index contributed by atoms with van der Waals surface area (Å²) in [5.41, 5.74) is 3.87. The first-order valence-corrected chi connectivity index (χ1v) is 10.9. The van der Waals surface area contributed by atoms with Gasteiger partial charge in [0, 0.05) is 0 Å². The SMILES string of the molecule is CC(C)(C)c1cccc(O)c1.[C-]1=CC=CC1.[Ti+]=[C](c1ccccc1)c1ccccc1. The monoisotopic (exact) mass is 429 g/mol. The fourth-order valence-corrected chi connectivity index (χ4v) is 3.21. The molecule has 1 aliphatic rings. The molecule has 2 heteroatoms. The molecule has 0 spiro atoms. The number of allylic oxidation sites excluding steroid dienone is 4. The average molecular weight is 429 g/mol. The first kappa shape index (κ1) is 23.8. The van der Waals surface area contributed by atoms with E-state index in [0.717, 1.165) is 12.0 Å².